The van der Waals surface area contributed by atoms with E-state index < -0.39 is 5.97 Å². The minimum atomic E-state index is -1.03. The maximum Gasteiger partial charge on any atom is 0.325 e. The average Bonchev–Trinajstić information content (AvgIpc) is 3.08. The molecule has 0 aliphatic carbocycles. The van der Waals surface area contributed by atoms with E-state index in [9.17, 15) is 9.59 Å². The van der Waals surface area contributed by atoms with Crippen LogP contribution < -0.4 is 5.32 Å². The van der Waals surface area contributed by atoms with Gasteiger partial charge in [0.2, 0.25) is 0 Å². The molecule has 1 unspecified atom stereocenters. The summed E-state index contributed by atoms with van der Waals surface area (Å²) in [5.74, 6) is -1.38. The second kappa shape index (κ2) is 6.98. The Balaban J connectivity index is 2.05. The number of nitrogens with one attached hydrogen (secondary N) is 1. The quantitative estimate of drug-likeness (QED) is 0.811. The smallest absolute Gasteiger partial charge is 0.325 e. The van der Waals surface area contributed by atoms with Crippen LogP contribution in [0.4, 0.5) is 0 Å². The molecule has 1 atom stereocenters. The first-order valence-electron chi connectivity index (χ1n) is 6.56. The monoisotopic (exact) mass is 308 g/mol. The van der Waals surface area contributed by atoms with Gasteiger partial charge in [0, 0.05) is 4.88 Å². The number of nitrogens with zero attached hydrogens (tertiary/aromatic N) is 3. The summed E-state index contributed by atoms with van der Waals surface area (Å²) in [4.78, 5) is 23.8. The standard InChI is InChI=1S/C13H16N4O3S/c1-2-4-9(11-5-3-6-21-11)14-13(20)10-7-17(16-15-10)8-12(18)19/h3,5-7,9H,2,4,8H2,1H3,(H,14,20)(H,18,19). The fourth-order valence-electron chi connectivity index (χ4n) is 1.91. The number of carboxylic acid groups (broad SMARTS) is 1. The van der Waals surface area contributed by atoms with Crippen molar-refractivity contribution in [2.45, 2.75) is 32.4 Å². The summed E-state index contributed by atoms with van der Waals surface area (Å²) in [7, 11) is 0. The van der Waals surface area contributed by atoms with Crippen LogP contribution in [0.2, 0.25) is 0 Å². The second-order valence-electron chi connectivity index (χ2n) is 4.53. The summed E-state index contributed by atoms with van der Waals surface area (Å²) in [5, 5.41) is 20.9. The van der Waals surface area contributed by atoms with Gasteiger partial charge >= 0.3 is 5.97 Å². The number of thiophene rings is 1. The highest BCUT2D eigenvalue weighted by atomic mass is 32.1. The number of rotatable bonds is 7. The van der Waals surface area contributed by atoms with Crippen LogP contribution in [0.5, 0.6) is 0 Å². The molecule has 1 amide bonds. The topological polar surface area (TPSA) is 97.1 Å². The van der Waals surface area contributed by atoms with E-state index >= 15 is 0 Å². The van der Waals surface area contributed by atoms with E-state index in [2.05, 4.69) is 22.6 Å². The first-order chi connectivity index (χ1) is 10.1. The molecule has 2 heterocycles. The lowest BCUT2D eigenvalue weighted by molar-refractivity contribution is -0.137. The maximum atomic E-state index is 12.2. The normalized spacial score (nSPS) is 12.0. The predicted molar refractivity (Wildman–Crippen MR) is 77.1 cm³/mol. The van der Waals surface area contributed by atoms with Gasteiger partial charge in [0.15, 0.2) is 5.69 Å². The van der Waals surface area contributed by atoms with Crippen molar-refractivity contribution in [1.29, 1.82) is 0 Å². The van der Waals surface area contributed by atoms with Gasteiger partial charge in [0.25, 0.3) is 5.91 Å². The zero-order valence-corrected chi connectivity index (χ0v) is 12.3. The van der Waals surface area contributed by atoms with Gasteiger partial charge in [-0.2, -0.15) is 0 Å². The molecule has 0 aliphatic rings. The molecule has 0 bridgehead atoms. The van der Waals surface area contributed by atoms with E-state index in [-0.39, 0.29) is 24.2 Å². The fraction of sp³-hybridized carbons (Fsp3) is 0.385. The lowest BCUT2D eigenvalue weighted by Crippen LogP contribution is -2.28. The van der Waals surface area contributed by atoms with Gasteiger partial charge in [-0.05, 0) is 17.9 Å². The highest BCUT2D eigenvalue weighted by molar-refractivity contribution is 7.10. The number of amides is 1. The molecule has 0 saturated carbocycles. The number of hydrogen-bond donors (Lipinski definition) is 2. The number of carbonyl (C=O) groups excluding carboxylic acids is 1. The van der Waals surface area contributed by atoms with Crippen LogP contribution in [-0.2, 0) is 11.3 Å². The third-order valence-electron chi connectivity index (χ3n) is 2.84. The van der Waals surface area contributed by atoms with Crippen LogP contribution in [0.25, 0.3) is 0 Å². The Morgan fingerprint density at radius 1 is 1.52 bits per heavy atom. The molecule has 7 nitrogen and oxygen atoms in total. The molecular formula is C13H16N4O3S. The Bertz CT molecular complexity index is 609. The molecule has 112 valence electrons. The zero-order valence-electron chi connectivity index (χ0n) is 11.5. The van der Waals surface area contributed by atoms with E-state index in [4.69, 9.17) is 5.11 Å². The molecule has 0 spiro atoms. The van der Waals surface area contributed by atoms with Gasteiger partial charge in [-0.15, -0.1) is 16.4 Å². The average molecular weight is 308 g/mol. The van der Waals surface area contributed by atoms with Crippen molar-refractivity contribution >= 4 is 23.2 Å². The van der Waals surface area contributed by atoms with Crippen LogP contribution in [0.15, 0.2) is 23.7 Å². The minimum Gasteiger partial charge on any atom is -0.480 e. The highest BCUT2D eigenvalue weighted by Gasteiger charge is 2.18. The third kappa shape index (κ3) is 4.12. The Kier molecular flexibility index (Phi) is 5.04. The van der Waals surface area contributed by atoms with Crippen molar-refractivity contribution in [3.63, 3.8) is 0 Å². The van der Waals surface area contributed by atoms with E-state index in [1.54, 1.807) is 11.3 Å². The van der Waals surface area contributed by atoms with E-state index in [1.807, 2.05) is 17.5 Å². The number of aromatic nitrogens is 3. The molecule has 21 heavy (non-hydrogen) atoms. The predicted octanol–water partition coefficient (Wildman–Crippen LogP) is 1.70. The molecular weight excluding hydrogens is 292 g/mol. The largest absolute Gasteiger partial charge is 0.480 e. The molecule has 2 rings (SSSR count). The Hall–Kier alpha value is -2.22. The number of hydrogen-bond acceptors (Lipinski definition) is 5. The molecule has 2 aromatic rings. The van der Waals surface area contributed by atoms with E-state index in [0.717, 1.165) is 22.4 Å². The fourth-order valence-corrected chi connectivity index (χ4v) is 2.73. The minimum absolute atomic E-state index is 0.0628. The summed E-state index contributed by atoms with van der Waals surface area (Å²) in [6.07, 6.45) is 3.10. The molecule has 0 fully saturated rings. The highest BCUT2D eigenvalue weighted by Crippen LogP contribution is 2.23. The summed E-state index contributed by atoms with van der Waals surface area (Å²) < 4.78 is 1.12. The van der Waals surface area contributed by atoms with Gasteiger partial charge in [-0.1, -0.05) is 24.6 Å². The Morgan fingerprint density at radius 3 is 2.95 bits per heavy atom. The molecule has 8 heteroatoms. The van der Waals surface area contributed by atoms with Gasteiger partial charge < -0.3 is 10.4 Å². The van der Waals surface area contributed by atoms with Crippen molar-refractivity contribution in [2.24, 2.45) is 0 Å². The van der Waals surface area contributed by atoms with E-state index in [0.29, 0.717) is 0 Å². The first kappa shape index (κ1) is 15.2. The van der Waals surface area contributed by atoms with Crippen LogP contribution in [-0.4, -0.2) is 32.0 Å². The maximum absolute atomic E-state index is 12.2. The number of carboxylic acids is 1. The second-order valence-corrected chi connectivity index (χ2v) is 5.50. The van der Waals surface area contributed by atoms with Crippen molar-refractivity contribution in [1.82, 2.24) is 20.3 Å². The van der Waals surface area contributed by atoms with E-state index in [1.165, 1.54) is 6.20 Å². The lowest BCUT2D eigenvalue weighted by Gasteiger charge is -2.15. The van der Waals surface area contributed by atoms with Crippen molar-refractivity contribution in [3.05, 3.63) is 34.3 Å². The Labute approximate surface area is 125 Å². The van der Waals surface area contributed by atoms with Gasteiger partial charge in [-0.25, -0.2) is 4.68 Å². The summed E-state index contributed by atoms with van der Waals surface area (Å²) >= 11 is 1.59. The molecule has 0 radical (unpaired) electrons. The number of carbonyl (C=O) groups is 2. The molecule has 0 aliphatic heterocycles. The summed E-state index contributed by atoms with van der Waals surface area (Å²) in [6, 6.07) is 3.86. The Morgan fingerprint density at radius 2 is 2.33 bits per heavy atom. The van der Waals surface area contributed by atoms with Crippen LogP contribution in [0.3, 0.4) is 0 Å². The van der Waals surface area contributed by atoms with Gasteiger partial charge in [0.05, 0.1) is 12.2 Å². The summed E-state index contributed by atoms with van der Waals surface area (Å²) in [5.41, 5.74) is 0.119. The molecule has 2 aromatic heterocycles. The van der Waals surface area contributed by atoms with Crippen molar-refractivity contribution < 1.29 is 14.7 Å². The lowest BCUT2D eigenvalue weighted by atomic mass is 10.1. The van der Waals surface area contributed by atoms with Crippen molar-refractivity contribution in [2.75, 3.05) is 0 Å². The first-order valence-corrected chi connectivity index (χ1v) is 7.44. The van der Waals surface area contributed by atoms with Crippen molar-refractivity contribution in [3.8, 4) is 0 Å². The van der Waals surface area contributed by atoms with Gasteiger partial charge in [0.1, 0.15) is 6.54 Å². The molecule has 0 saturated heterocycles. The van der Waals surface area contributed by atoms with Crippen LogP contribution in [0.1, 0.15) is 41.2 Å². The number of aliphatic carboxylic acids is 1. The zero-order chi connectivity index (χ0) is 15.2. The SMILES string of the molecule is CCCC(NC(=O)c1cn(CC(=O)O)nn1)c1cccs1. The molecule has 2 N–H and O–H groups in total. The summed E-state index contributed by atoms with van der Waals surface area (Å²) in [6.45, 7) is 1.74. The van der Waals surface area contributed by atoms with Gasteiger partial charge in [-0.3, -0.25) is 9.59 Å². The van der Waals surface area contributed by atoms with Crippen LogP contribution in [0, 0.1) is 0 Å². The third-order valence-corrected chi connectivity index (χ3v) is 3.82. The van der Waals surface area contributed by atoms with Crippen LogP contribution >= 0.6 is 11.3 Å². The molecule has 0 aromatic carbocycles.